The Morgan fingerprint density at radius 2 is 2.31 bits per heavy atom. The number of benzene rings is 1. The van der Waals surface area contributed by atoms with Crippen LogP contribution >= 0.6 is 11.8 Å². The fourth-order valence-electron chi connectivity index (χ4n) is 1.30. The molecule has 0 aliphatic rings. The van der Waals surface area contributed by atoms with E-state index in [1.54, 1.807) is 13.2 Å². The molecule has 0 aliphatic carbocycles. The summed E-state index contributed by atoms with van der Waals surface area (Å²) in [6.07, 6.45) is 1.21. The van der Waals surface area contributed by atoms with E-state index in [4.69, 9.17) is 4.74 Å². The highest BCUT2D eigenvalue weighted by atomic mass is 32.2. The van der Waals surface area contributed by atoms with Crippen LogP contribution in [0.1, 0.15) is 12.8 Å². The first-order valence-electron chi connectivity index (χ1n) is 5.27. The minimum absolute atomic E-state index is 0.237. The van der Waals surface area contributed by atoms with E-state index in [1.807, 2.05) is 6.07 Å². The van der Waals surface area contributed by atoms with Crippen LogP contribution in [0, 0.1) is 5.82 Å². The normalized spacial score (nSPS) is 12.7. The van der Waals surface area contributed by atoms with Crippen molar-refractivity contribution in [1.82, 2.24) is 0 Å². The van der Waals surface area contributed by atoms with E-state index in [-0.39, 0.29) is 11.9 Å². The number of rotatable bonds is 7. The second-order valence-electron chi connectivity index (χ2n) is 3.56. The molecule has 0 amide bonds. The topological polar surface area (TPSA) is 29.5 Å². The summed E-state index contributed by atoms with van der Waals surface area (Å²) in [5.74, 6) is 0.353. The number of halogens is 1. The van der Waals surface area contributed by atoms with E-state index in [0.29, 0.717) is 12.4 Å². The van der Waals surface area contributed by atoms with Crippen LogP contribution in [-0.4, -0.2) is 30.7 Å². The largest absolute Gasteiger partial charge is 0.392 e. The molecule has 1 atom stereocenters. The van der Waals surface area contributed by atoms with Crippen molar-refractivity contribution in [2.45, 2.75) is 23.8 Å². The van der Waals surface area contributed by atoms with Crippen LogP contribution in [0.4, 0.5) is 4.39 Å². The SMILES string of the molecule is COCCCC(O)CSc1cccc(F)c1. The molecule has 0 radical (unpaired) electrons. The van der Waals surface area contributed by atoms with Crippen molar-refractivity contribution < 1.29 is 14.2 Å². The number of methoxy groups -OCH3 is 1. The van der Waals surface area contributed by atoms with Gasteiger partial charge in [0, 0.05) is 24.4 Å². The molecule has 0 fully saturated rings. The molecule has 0 bridgehead atoms. The van der Waals surface area contributed by atoms with Gasteiger partial charge in [0.1, 0.15) is 5.82 Å². The molecule has 1 aromatic carbocycles. The van der Waals surface area contributed by atoms with Crippen LogP contribution in [0.25, 0.3) is 0 Å². The summed E-state index contributed by atoms with van der Waals surface area (Å²) >= 11 is 1.47. The molecule has 1 N–H and O–H groups in total. The van der Waals surface area contributed by atoms with Crippen LogP contribution in [0.15, 0.2) is 29.2 Å². The highest BCUT2D eigenvalue weighted by Crippen LogP contribution is 2.20. The zero-order valence-corrected chi connectivity index (χ0v) is 10.2. The van der Waals surface area contributed by atoms with E-state index >= 15 is 0 Å². The molecule has 1 unspecified atom stereocenters. The zero-order valence-electron chi connectivity index (χ0n) is 9.36. The van der Waals surface area contributed by atoms with E-state index in [0.717, 1.165) is 17.7 Å². The maximum Gasteiger partial charge on any atom is 0.124 e. The predicted molar refractivity (Wildman–Crippen MR) is 64.2 cm³/mol. The van der Waals surface area contributed by atoms with Gasteiger partial charge in [-0.25, -0.2) is 4.39 Å². The summed E-state index contributed by atoms with van der Waals surface area (Å²) in [4.78, 5) is 0.853. The van der Waals surface area contributed by atoms with Crippen molar-refractivity contribution >= 4 is 11.8 Å². The lowest BCUT2D eigenvalue weighted by Gasteiger charge is -2.09. The summed E-state index contributed by atoms with van der Waals surface area (Å²) in [6.45, 7) is 0.668. The molecule has 0 aliphatic heterocycles. The number of hydrogen-bond acceptors (Lipinski definition) is 3. The average molecular weight is 244 g/mol. The van der Waals surface area contributed by atoms with Gasteiger partial charge in [-0.15, -0.1) is 11.8 Å². The second-order valence-corrected chi connectivity index (χ2v) is 4.65. The van der Waals surface area contributed by atoms with Gasteiger partial charge in [0.2, 0.25) is 0 Å². The van der Waals surface area contributed by atoms with E-state index < -0.39 is 0 Å². The monoisotopic (exact) mass is 244 g/mol. The van der Waals surface area contributed by atoms with Gasteiger partial charge in [-0.05, 0) is 31.0 Å². The smallest absolute Gasteiger partial charge is 0.124 e. The summed E-state index contributed by atoms with van der Waals surface area (Å²) < 4.78 is 17.8. The fourth-order valence-corrected chi connectivity index (χ4v) is 2.22. The molecule has 90 valence electrons. The minimum Gasteiger partial charge on any atom is -0.392 e. The molecule has 16 heavy (non-hydrogen) atoms. The van der Waals surface area contributed by atoms with E-state index in [9.17, 15) is 9.50 Å². The fraction of sp³-hybridized carbons (Fsp3) is 0.500. The Morgan fingerprint density at radius 3 is 3.00 bits per heavy atom. The Labute approximate surface area is 99.8 Å². The van der Waals surface area contributed by atoms with E-state index in [2.05, 4.69) is 0 Å². The zero-order chi connectivity index (χ0) is 11.8. The molecule has 0 saturated carbocycles. The number of aliphatic hydroxyl groups is 1. The minimum atomic E-state index is -0.358. The van der Waals surface area contributed by atoms with Crippen LogP contribution in [0.5, 0.6) is 0 Å². The molecule has 0 saturated heterocycles. The lowest BCUT2D eigenvalue weighted by molar-refractivity contribution is 0.149. The van der Waals surface area contributed by atoms with Crippen molar-refractivity contribution in [3.63, 3.8) is 0 Å². The van der Waals surface area contributed by atoms with Crippen molar-refractivity contribution in [2.75, 3.05) is 19.5 Å². The lowest BCUT2D eigenvalue weighted by atomic mass is 10.2. The third-order valence-electron chi connectivity index (χ3n) is 2.12. The third kappa shape index (κ3) is 5.49. The molecular formula is C12H17FO2S. The third-order valence-corrected chi connectivity index (χ3v) is 3.26. The average Bonchev–Trinajstić information content (AvgIpc) is 2.27. The van der Waals surface area contributed by atoms with Gasteiger partial charge in [0.25, 0.3) is 0 Å². The number of hydrogen-bond donors (Lipinski definition) is 1. The van der Waals surface area contributed by atoms with Crippen LogP contribution in [0.2, 0.25) is 0 Å². The van der Waals surface area contributed by atoms with Gasteiger partial charge in [-0.3, -0.25) is 0 Å². The van der Waals surface area contributed by atoms with Gasteiger partial charge in [0.05, 0.1) is 6.10 Å². The Hall–Kier alpha value is -0.580. The first-order chi connectivity index (χ1) is 7.72. The van der Waals surface area contributed by atoms with Gasteiger partial charge in [-0.1, -0.05) is 6.07 Å². The first kappa shape index (κ1) is 13.5. The molecule has 0 spiro atoms. The van der Waals surface area contributed by atoms with Crippen LogP contribution in [-0.2, 0) is 4.74 Å². The standard InChI is InChI=1S/C12H17FO2S/c1-15-7-3-5-11(14)9-16-12-6-2-4-10(13)8-12/h2,4,6,8,11,14H,3,5,7,9H2,1H3. The Balaban J connectivity index is 2.23. The first-order valence-corrected chi connectivity index (χ1v) is 6.26. The molecule has 2 nitrogen and oxygen atoms in total. The molecular weight excluding hydrogens is 227 g/mol. The molecule has 0 heterocycles. The maximum absolute atomic E-state index is 12.8. The van der Waals surface area contributed by atoms with Gasteiger partial charge in [0.15, 0.2) is 0 Å². The Kier molecular flexibility index (Phi) is 6.45. The number of thioether (sulfide) groups is 1. The van der Waals surface area contributed by atoms with Gasteiger partial charge in [-0.2, -0.15) is 0 Å². The highest BCUT2D eigenvalue weighted by molar-refractivity contribution is 7.99. The summed E-state index contributed by atoms with van der Waals surface area (Å²) in [6, 6.07) is 6.41. The Bertz CT molecular complexity index is 307. The maximum atomic E-state index is 12.8. The summed E-state index contributed by atoms with van der Waals surface area (Å²) in [7, 11) is 1.65. The predicted octanol–water partition coefficient (Wildman–Crippen LogP) is 2.71. The molecule has 4 heteroatoms. The number of ether oxygens (including phenoxy) is 1. The summed E-state index contributed by atoms with van der Waals surface area (Å²) in [5, 5.41) is 9.64. The van der Waals surface area contributed by atoms with Gasteiger partial charge >= 0.3 is 0 Å². The second kappa shape index (κ2) is 7.65. The highest BCUT2D eigenvalue weighted by Gasteiger charge is 2.05. The quantitative estimate of drug-likeness (QED) is 0.590. The van der Waals surface area contributed by atoms with Crippen molar-refractivity contribution in [3.8, 4) is 0 Å². The molecule has 1 rings (SSSR count). The van der Waals surface area contributed by atoms with Gasteiger partial charge < -0.3 is 9.84 Å². The molecule has 0 aromatic heterocycles. The molecule has 1 aromatic rings. The van der Waals surface area contributed by atoms with Crippen molar-refractivity contribution in [1.29, 1.82) is 0 Å². The van der Waals surface area contributed by atoms with Crippen molar-refractivity contribution in [2.24, 2.45) is 0 Å². The van der Waals surface area contributed by atoms with Crippen LogP contribution in [0.3, 0.4) is 0 Å². The van der Waals surface area contributed by atoms with E-state index in [1.165, 1.54) is 23.9 Å². The lowest BCUT2D eigenvalue weighted by Crippen LogP contribution is -2.10. The Morgan fingerprint density at radius 1 is 1.50 bits per heavy atom. The van der Waals surface area contributed by atoms with Crippen LogP contribution < -0.4 is 0 Å². The number of aliphatic hydroxyl groups excluding tert-OH is 1. The summed E-state index contributed by atoms with van der Waals surface area (Å²) in [5.41, 5.74) is 0. The van der Waals surface area contributed by atoms with Crippen molar-refractivity contribution in [3.05, 3.63) is 30.1 Å².